The molecule has 0 saturated carbocycles. The third-order valence-corrected chi connectivity index (χ3v) is 5.73. The molecule has 1 aliphatic heterocycles. The third kappa shape index (κ3) is 4.47. The predicted molar refractivity (Wildman–Crippen MR) is 91.2 cm³/mol. The predicted octanol–water partition coefficient (Wildman–Crippen LogP) is 0.556. The Morgan fingerprint density at radius 1 is 1.48 bits per heavy atom. The van der Waals surface area contributed by atoms with E-state index in [1.807, 2.05) is 0 Å². The monoisotopic (exact) mass is 364 g/mol. The SMILES string of the molecule is CC1CCCN(S(=O)(=O)c2cc(C(=O)NCCN)n(C)c2)C1.Cl. The number of nitrogens with zero attached hydrogens (tertiary/aromatic N) is 2. The van der Waals surface area contributed by atoms with Gasteiger partial charge in [0, 0.05) is 39.4 Å². The van der Waals surface area contributed by atoms with Crippen molar-refractivity contribution in [3.63, 3.8) is 0 Å². The van der Waals surface area contributed by atoms with Crippen LogP contribution in [0.4, 0.5) is 0 Å². The van der Waals surface area contributed by atoms with Gasteiger partial charge in [0.25, 0.3) is 5.91 Å². The molecule has 1 aromatic heterocycles. The van der Waals surface area contributed by atoms with E-state index in [0.29, 0.717) is 37.8 Å². The molecule has 23 heavy (non-hydrogen) atoms. The van der Waals surface area contributed by atoms with E-state index < -0.39 is 10.0 Å². The number of nitrogens with two attached hydrogens (primary N) is 1. The standard InChI is InChI=1S/C14H24N4O3S.ClH/c1-11-4-3-7-18(9-11)22(20,21)12-8-13(17(2)10-12)14(19)16-6-5-15;/h8,10-11H,3-7,9,15H2,1-2H3,(H,16,19);1H. The smallest absolute Gasteiger partial charge is 0.267 e. The maximum atomic E-state index is 12.7. The highest BCUT2D eigenvalue weighted by molar-refractivity contribution is 7.89. The Morgan fingerprint density at radius 2 is 2.17 bits per heavy atom. The summed E-state index contributed by atoms with van der Waals surface area (Å²) in [4.78, 5) is 12.2. The maximum absolute atomic E-state index is 12.7. The van der Waals surface area contributed by atoms with Crippen molar-refractivity contribution in [2.75, 3.05) is 26.2 Å². The molecule has 0 radical (unpaired) electrons. The molecule has 1 unspecified atom stereocenters. The van der Waals surface area contributed by atoms with Crippen molar-refractivity contribution < 1.29 is 13.2 Å². The normalized spacial score (nSPS) is 19.2. The number of aryl methyl sites for hydroxylation is 1. The van der Waals surface area contributed by atoms with Gasteiger partial charge in [-0.2, -0.15) is 4.31 Å². The van der Waals surface area contributed by atoms with Crippen LogP contribution in [0.3, 0.4) is 0 Å². The van der Waals surface area contributed by atoms with Crippen molar-refractivity contribution in [2.24, 2.45) is 18.7 Å². The highest BCUT2D eigenvalue weighted by Gasteiger charge is 2.30. The molecule has 1 atom stereocenters. The fraction of sp³-hybridized carbons (Fsp3) is 0.643. The topological polar surface area (TPSA) is 97.4 Å². The first-order chi connectivity index (χ1) is 10.4. The van der Waals surface area contributed by atoms with Crippen molar-refractivity contribution in [2.45, 2.75) is 24.7 Å². The molecule has 0 spiro atoms. The zero-order valence-corrected chi connectivity index (χ0v) is 15.1. The van der Waals surface area contributed by atoms with E-state index in [2.05, 4.69) is 12.2 Å². The van der Waals surface area contributed by atoms with E-state index in [4.69, 9.17) is 5.73 Å². The lowest BCUT2D eigenvalue weighted by Gasteiger charge is -2.29. The number of amides is 1. The lowest BCUT2D eigenvalue weighted by molar-refractivity contribution is 0.0946. The number of aromatic nitrogens is 1. The summed E-state index contributed by atoms with van der Waals surface area (Å²) < 4.78 is 28.4. The van der Waals surface area contributed by atoms with Crippen LogP contribution >= 0.6 is 12.4 Å². The molecule has 3 N–H and O–H groups in total. The van der Waals surface area contributed by atoms with E-state index >= 15 is 0 Å². The molecule has 9 heteroatoms. The minimum Gasteiger partial charge on any atom is -0.349 e. The quantitative estimate of drug-likeness (QED) is 0.797. The van der Waals surface area contributed by atoms with Crippen LogP contribution in [0.25, 0.3) is 0 Å². The van der Waals surface area contributed by atoms with Crippen LogP contribution in [0, 0.1) is 5.92 Å². The molecule has 1 aliphatic rings. The Kier molecular flexibility index (Phi) is 7.06. The molecule has 2 rings (SSSR count). The number of carbonyl (C=O) groups excluding carboxylic acids is 1. The fourth-order valence-electron chi connectivity index (χ4n) is 2.69. The van der Waals surface area contributed by atoms with Crippen molar-refractivity contribution >= 4 is 28.3 Å². The van der Waals surface area contributed by atoms with Gasteiger partial charge >= 0.3 is 0 Å². The average molecular weight is 365 g/mol. The molecule has 1 fully saturated rings. The van der Waals surface area contributed by atoms with Gasteiger partial charge in [-0.25, -0.2) is 8.42 Å². The average Bonchev–Trinajstić information content (AvgIpc) is 2.87. The molecule has 0 aliphatic carbocycles. The number of nitrogens with one attached hydrogen (secondary N) is 1. The van der Waals surface area contributed by atoms with E-state index in [0.717, 1.165) is 12.8 Å². The Balaban J connectivity index is 0.00000264. The Bertz CT molecular complexity index is 644. The lowest BCUT2D eigenvalue weighted by Crippen LogP contribution is -2.38. The molecule has 132 valence electrons. The second kappa shape index (κ2) is 8.14. The van der Waals surface area contributed by atoms with Crippen LogP contribution in [0.1, 0.15) is 30.3 Å². The molecule has 1 amide bonds. The van der Waals surface area contributed by atoms with Gasteiger partial charge in [-0.15, -0.1) is 12.4 Å². The lowest BCUT2D eigenvalue weighted by atomic mass is 10.0. The van der Waals surface area contributed by atoms with E-state index in [1.54, 1.807) is 7.05 Å². The molecule has 1 aromatic rings. The minimum absolute atomic E-state index is 0. The molecule has 1 saturated heterocycles. The van der Waals surface area contributed by atoms with Crippen molar-refractivity contribution in [1.82, 2.24) is 14.2 Å². The summed E-state index contributed by atoms with van der Waals surface area (Å²) in [5.74, 6) is 0.0426. The Hall–Kier alpha value is -1.09. The van der Waals surface area contributed by atoms with Crippen LogP contribution in [-0.4, -0.2) is 49.4 Å². The van der Waals surface area contributed by atoms with Gasteiger partial charge in [0.15, 0.2) is 0 Å². The first-order valence-corrected chi connectivity index (χ1v) is 8.95. The van der Waals surface area contributed by atoms with E-state index in [-0.39, 0.29) is 23.2 Å². The first kappa shape index (κ1) is 20.0. The van der Waals surface area contributed by atoms with Crippen LogP contribution in [0.2, 0.25) is 0 Å². The summed E-state index contributed by atoms with van der Waals surface area (Å²) in [6.07, 6.45) is 3.41. The van der Waals surface area contributed by atoms with Gasteiger partial charge in [0.2, 0.25) is 10.0 Å². The van der Waals surface area contributed by atoms with Crippen LogP contribution < -0.4 is 11.1 Å². The first-order valence-electron chi connectivity index (χ1n) is 7.51. The second-order valence-corrected chi connectivity index (χ2v) is 7.76. The minimum atomic E-state index is -3.54. The highest BCUT2D eigenvalue weighted by Crippen LogP contribution is 2.24. The van der Waals surface area contributed by atoms with Crippen LogP contribution in [0.5, 0.6) is 0 Å². The summed E-state index contributed by atoms with van der Waals surface area (Å²) in [6, 6.07) is 1.43. The van der Waals surface area contributed by atoms with Crippen LogP contribution in [0.15, 0.2) is 17.2 Å². The highest BCUT2D eigenvalue weighted by atomic mass is 35.5. The summed E-state index contributed by atoms with van der Waals surface area (Å²) in [6.45, 7) is 3.82. The van der Waals surface area contributed by atoms with Crippen molar-refractivity contribution in [1.29, 1.82) is 0 Å². The van der Waals surface area contributed by atoms with Gasteiger partial charge in [-0.05, 0) is 24.8 Å². The Morgan fingerprint density at radius 3 is 2.78 bits per heavy atom. The van der Waals surface area contributed by atoms with Crippen molar-refractivity contribution in [3.05, 3.63) is 18.0 Å². The summed E-state index contributed by atoms with van der Waals surface area (Å²) in [5, 5.41) is 2.65. The maximum Gasteiger partial charge on any atom is 0.267 e. The molecular weight excluding hydrogens is 340 g/mol. The third-order valence-electron chi connectivity index (χ3n) is 3.90. The zero-order chi connectivity index (χ0) is 16.3. The molecule has 7 nitrogen and oxygen atoms in total. The van der Waals surface area contributed by atoms with E-state index in [9.17, 15) is 13.2 Å². The molecule has 2 heterocycles. The number of hydrogen-bond donors (Lipinski definition) is 2. The summed E-state index contributed by atoms with van der Waals surface area (Å²) >= 11 is 0. The number of sulfonamides is 1. The number of halogens is 1. The molecular formula is C14H25ClN4O3S. The van der Waals surface area contributed by atoms with Crippen molar-refractivity contribution in [3.8, 4) is 0 Å². The molecule has 0 aromatic carbocycles. The number of hydrogen-bond acceptors (Lipinski definition) is 4. The van der Waals surface area contributed by atoms with E-state index in [1.165, 1.54) is 21.1 Å². The second-order valence-electron chi connectivity index (χ2n) is 5.83. The largest absolute Gasteiger partial charge is 0.349 e. The number of piperidine rings is 1. The van der Waals surface area contributed by atoms with Gasteiger partial charge in [-0.1, -0.05) is 6.92 Å². The number of rotatable bonds is 5. The molecule has 0 bridgehead atoms. The van der Waals surface area contributed by atoms with Gasteiger partial charge < -0.3 is 15.6 Å². The zero-order valence-electron chi connectivity index (χ0n) is 13.5. The van der Waals surface area contributed by atoms with Crippen LogP contribution in [-0.2, 0) is 17.1 Å². The Labute approximate surface area is 143 Å². The number of carbonyl (C=O) groups is 1. The fourth-order valence-corrected chi connectivity index (χ4v) is 4.36. The summed E-state index contributed by atoms with van der Waals surface area (Å²) in [7, 11) is -1.88. The summed E-state index contributed by atoms with van der Waals surface area (Å²) in [5.41, 5.74) is 5.67. The van der Waals surface area contributed by atoms with Gasteiger partial charge in [0.1, 0.15) is 10.6 Å². The van der Waals surface area contributed by atoms with Gasteiger partial charge in [0.05, 0.1) is 0 Å². The van der Waals surface area contributed by atoms with Gasteiger partial charge in [-0.3, -0.25) is 4.79 Å².